The van der Waals surface area contributed by atoms with E-state index in [0.717, 1.165) is 11.3 Å². The van der Waals surface area contributed by atoms with E-state index >= 15 is 0 Å². The van der Waals surface area contributed by atoms with Crippen molar-refractivity contribution in [3.05, 3.63) is 65.5 Å². The molecular formula is C18H21N3O. The van der Waals surface area contributed by atoms with Crippen LogP contribution in [0.4, 0.5) is 0 Å². The van der Waals surface area contributed by atoms with Crippen molar-refractivity contribution in [2.24, 2.45) is 5.10 Å². The first-order valence-electron chi connectivity index (χ1n) is 7.23. The lowest BCUT2D eigenvalue weighted by Gasteiger charge is -2.19. The van der Waals surface area contributed by atoms with Gasteiger partial charge < -0.3 is 0 Å². The quantitative estimate of drug-likeness (QED) is 0.695. The lowest BCUT2D eigenvalue weighted by molar-refractivity contribution is 0.0954. The van der Waals surface area contributed by atoms with E-state index in [2.05, 4.69) is 48.4 Å². The van der Waals surface area contributed by atoms with Gasteiger partial charge in [-0.3, -0.25) is 9.78 Å². The maximum absolute atomic E-state index is 11.9. The molecule has 2 rings (SSSR count). The summed E-state index contributed by atoms with van der Waals surface area (Å²) in [6.07, 6.45) is 3.16. The molecule has 22 heavy (non-hydrogen) atoms. The number of hydrazone groups is 1. The number of aromatic nitrogens is 1. The van der Waals surface area contributed by atoms with E-state index in [1.54, 1.807) is 24.5 Å². The van der Waals surface area contributed by atoms with Crippen LogP contribution >= 0.6 is 0 Å². The van der Waals surface area contributed by atoms with Gasteiger partial charge in [-0.1, -0.05) is 45.0 Å². The lowest BCUT2D eigenvalue weighted by Crippen LogP contribution is -2.19. The summed E-state index contributed by atoms with van der Waals surface area (Å²) in [7, 11) is 0. The lowest BCUT2D eigenvalue weighted by atomic mass is 9.86. The van der Waals surface area contributed by atoms with Gasteiger partial charge in [-0.2, -0.15) is 5.10 Å². The summed E-state index contributed by atoms with van der Waals surface area (Å²) in [4.78, 5) is 15.8. The number of amides is 1. The summed E-state index contributed by atoms with van der Waals surface area (Å²) in [6, 6.07) is 11.5. The standard InChI is InChI=1S/C18H21N3O/c1-13(14-5-7-16(8-6-14)18(2,3)4)20-21-17(22)15-9-11-19-12-10-15/h5-12H,1-4H3,(H,21,22)/b20-13-. The van der Waals surface area contributed by atoms with Gasteiger partial charge in [0.2, 0.25) is 0 Å². The molecule has 0 unspecified atom stereocenters. The molecule has 0 aliphatic rings. The van der Waals surface area contributed by atoms with Gasteiger partial charge in [-0.05, 0) is 35.6 Å². The first-order valence-corrected chi connectivity index (χ1v) is 7.23. The highest BCUT2D eigenvalue weighted by Crippen LogP contribution is 2.22. The second kappa shape index (κ2) is 6.52. The monoisotopic (exact) mass is 295 g/mol. The molecule has 2 aromatic rings. The number of hydrogen-bond donors (Lipinski definition) is 1. The Labute approximate surface area is 131 Å². The highest BCUT2D eigenvalue weighted by molar-refractivity contribution is 6.00. The first-order chi connectivity index (χ1) is 10.4. The van der Waals surface area contributed by atoms with Gasteiger partial charge in [0.15, 0.2) is 0 Å². The second-order valence-electron chi connectivity index (χ2n) is 6.20. The fourth-order valence-electron chi connectivity index (χ4n) is 1.98. The molecule has 0 aliphatic heterocycles. The molecule has 1 heterocycles. The Hall–Kier alpha value is -2.49. The number of carbonyl (C=O) groups excluding carboxylic acids is 1. The van der Waals surface area contributed by atoms with Gasteiger partial charge in [0.1, 0.15) is 0 Å². The Morgan fingerprint density at radius 3 is 2.14 bits per heavy atom. The van der Waals surface area contributed by atoms with Crippen LogP contribution in [0.3, 0.4) is 0 Å². The summed E-state index contributed by atoms with van der Waals surface area (Å²) < 4.78 is 0. The maximum Gasteiger partial charge on any atom is 0.271 e. The van der Waals surface area contributed by atoms with Crippen molar-refractivity contribution in [1.29, 1.82) is 0 Å². The zero-order valence-corrected chi connectivity index (χ0v) is 13.4. The smallest absolute Gasteiger partial charge is 0.267 e. The Morgan fingerprint density at radius 2 is 1.59 bits per heavy atom. The normalized spacial score (nSPS) is 12.1. The van der Waals surface area contributed by atoms with Crippen molar-refractivity contribution in [3.63, 3.8) is 0 Å². The van der Waals surface area contributed by atoms with Crippen LogP contribution in [-0.2, 0) is 5.41 Å². The fourth-order valence-corrected chi connectivity index (χ4v) is 1.98. The molecule has 0 saturated heterocycles. The Bertz CT molecular complexity index is 668. The van der Waals surface area contributed by atoms with Gasteiger partial charge in [0.25, 0.3) is 5.91 Å². The molecule has 4 nitrogen and oxygen atoms in total. The number of pyridine rings is 1. The van der Waals surface area contributed by atoms with Crippen molar-refractivity contribution in [1.82, 2.24) is 10.4 Å². The summed E-state index contributed by atoms with van der Waals surface area (Å²) >= 11 is 0. The zero-order chi connectivity index (χ0) is 16.2. The molecule has 0 spiro atoms. The molecule has 0 fully saturated rings. The van der Waals surface area contributed by atoms with Gasteiger partial charge in [0, 0.05) is 18.0 Å². The molecule has 0 bridgehead atoms. The van der Waals surface area contributed by atoms with Crippen molar-refractivity contribution >= 4 is 11.6 Å². The molecule has 0 aliphatic carbocycles. The maximum atomic E-state index is 11.9. The number of hydrogen-bond acceptors (Lipinski definition) is 3. The van der Waals surface area contributed by atoms with Gasteiger partial charge in [0.05, 0.1) is 5.71 Å². The van der Waals surface area contributed by atoms with E-state index in [4.69, 9.17) is 0 Å². The number of nitrogens with one attached hydrogen (secondary N) is 1. The molecule has 1 aromatic carbocycles. The van der Waals surface area contributed by atoms with Gasteiger partial charge >= 0.3 is 0 Å². The van der Waals surface area contributed by atoms with Crippen LogP contribution in [0.5, 0.6) is 0 Å². The number of carbonyl (C=O) groups is 1. The average molecular weight is 295 g/mol. The largest absolute Gasteiger partial charge is 0.271 e. The van der Waals surface area contributed by atoms with Crippen LogP contribution in [-0.4, -0.2) is 16.6 Å². The summed E-state index contributed by atoms with van der Waals surface area (Å²) in [5.41, 5.74) is 6.25. The highest BCUT2D eigenvalue weighted by Gasteiger charge is 2.13. The molecule has 1 amide bonds. The third-order valence-corrected chi connectivity index (χ3v) is 3.44. The van der Waals surface area contributed by atoms with Crippen LogP contribution in [0, 0.1) is 0 Å². The average Bonchev–Trinajstić information content (AvgIpc) is 2.52. The van der Waals surface area contributed by atoms with Crippen molar-refractivity contribution in [2.75, 3.05) is 0 Å². The van der Waals surface area contributed by atoms with E-state index in [9.17, 15) is 4.79 Å². The number of rotatable bonds is 3. The molecular weight excluding hydrogens is 274 g/mol. The SMILES string of the molecule is C/C(=N/NC(=O)c1ccncc1)c1ccc(C(C)(C)C)cc1. The van der Waals surface area contributed by atoms with E-state index in [1.807, 2.05) is 19.1 Å². The van der Waals surface area contributed by atoms with E-state index in [-0.39, 0.29) is 11.3 Å². The van der Waals surface area contributed by atoms with Crippen LogP contribution in [0.25, 0.3) is 0 Å². The minimum absolute atomic E-state index is 0.124. The highest BCUT2D eigenvalue weighted by atomic mass is 16.2. The van der Waals surface area contributed by atoms with E-state index in [0.29, 0.717) is 5.56 Å². The summed E-state index contributed by atoms with van der Waals surface area (Å²) in [6.45, 7) is 8.41. The van der Waals surface area contributed by atoms with Crippen molar-refractivity contribution in [3.8, 4) is 0 Å². The third kappa shape index (κ3) is 4.01. The Morgan fingerprint density at radius 1 is 1.00 bits per heavy atom. The number of benzene rings is 1. The second-order valence-corrected chi connectivity index (χ2v) is 6.20. The Kier molecular flexibility index (Phi) is 4.71. The third-order valence-electron chi connectivity index (χ3n) is 3.44. The summed E-state index contributed by atoms with van der Waals surface area (Å²) in [5, 5.41) is 4.16. The van der Waals surface area contributed by atoms with E-state index < -0.39 is 0 Å². The molecule has 114 valence electrons. The molecule has 1 N–H and O–H groups in total. The minimum atomic E-state index is -0.243. The van der Waals surface area contributed by atoms with E-state index in [1.165, 1.54) is 5.56 Å². The first kappa shape index (κ1) is 15.9. The van der Waals surface area contributed by atoms with Crippen LogP contribution < -0.4 is 5.43 Å². The molecule has 0 radical (unpaired) electrons. The fraction of sp³-hybridized carbons (Fsp3) is 0.278. The van der Waals surface area contributed by atoms with Gasteiger partial charge in [-0.15, -0.1) is 0 Å². The van der Waals surface area contributed by atoms with Crippen molar-refractivity contribution in [2.45, 2.75) is 33.1 Å². The topological polar surface area (TPSA) is 54.4 Å². The summed E-state index contributed by atoms with van der Waals surface area (Å²) in [5.74, 6) is -0.243. The predicted molar refractivity (Wildman–Crippen MR) is 89.1 cm³/mol. The predicted octanol–water partition coefficient (Wildman–Crippen LogP) is 3.53. The zero-order valence-electron chi connectivity index (χ0n) is 13.4. The minimum Gasteiger partial charge on any atom is -0.267 e. The van der Waals surface area contributed by atoms with Gasteiger partial charge in [-0.25, -0.2) is 5.43 Å². The molecule has 0 saturated carbocycles. The molecule has 1 aromatic heterocycles. The molecule has 4 heteroatoms. The van der Waals surface area contributed by atoms with Crippen molar-refractivity contribution < 1.29 is 4.79 Å². The molecule has 0 atom stereocenters. The van der Waals surface area contributed by atoms with Crippen LogP contribution in [0.15, 0.2) is 53.9 Å². The van der Waals surface area contributed by atoms with Crippen LogP contribution in [0.2, 0.25) is 0 Å². The number of nitrogens with zero attached hydrogens (tertiary/aromatic N) is 2. The van der Waals surface area contributed by atoms with Crippen LogP contribution in [0.1, 0.15) is 49.2 Å². The Balaban J connectivity index is 2.08.